The molecule has 0 aliphatic carbocycles. The normalized spacial score (nSPS) is 16.6. The van der Waals surface area contributed by atoms with Crippen molar-refractivity contribution in [3.8, 4) is 12.1 Å². The van der Waals surface area contributed by atoms with Crippen LogP contribution in [0.1, 0.15) is 29.5 Å². The average Bonchev–Trinajstić information content (AvgIpc) is 3.05. The first kappa shape index (κ1) is 18.7. The molecule has 4 rings (SSSR count). The Morgan fingerprint density at radius 2 is 2.07 bits per heavy atom. The average molecular weight is 387 g/mol. The molecule has 2 aromatic heterocycles. The van der Waals surface area contributed by atoms with Crippen molar-refractivity contribution in [3.05, 3.63) is 57.6 Å². The minimum Gasteiger partial charge on any atom is -0.355 e. The van der Waals surface area contributed by atoms with Crippen LogP contribution in [0.5, 0.6) is 0 Å². The van der Waals surface area contributed by atoms with Gasteiger partial charge in [0.15, 0.2) is 0 Å². The minimum atomic E-state index is -0.228. The summed E-state index contributed by atoms with van der Waals surface area (Å²) in [5.74, 6) is 0.654. The van der Waals surface area contributed by atoms with Gasteiger partial charge in [-0.1, -0.05) is 18.2 Å². The van der Waals surface area contributed by atoms with Gasteiger partial charge >= 0.3 is 0 Å². The molecule has 3 aromatic rings. The van der Waals surface area contributed by atoms with Crippen molar-refractivity contribution in [1.29, 1.82) is 10.5 Å². The number of benzene rings is 1. The van der Waals surface area contributed by atoms with Crippen molar-refractivity contribution in [2.45, 2.75) is 25.4 Å². The number of hydrogen-bond donors (Lipinski definition) is 1. The van der Waals surface area contributed by atoms with E-state index in [1.165, 1.54) is 10.9 Å². The van der Waals surface area contributed by atoms with Crippen LogP contribution in [0.25, 0.3) is 11.0 Å². The molecule has 3 heterocycles. The van der Waals surface area contributed by atoms with E-state index < -0.39 is 0 Å². The summed E-state index contributed by atoms with van der Waals surface area (Å²) in [5, 5.41) is 19.4. The Balaban J connectivity index is 2.01. The van der Waals surface area contributed by atoms with Crippen LogP contribution >= 0.6 is 0 Å². The Labute approximate surface area is 168 Å². The number of aryl methyl sites for hydroxylation is 1. The fourth-order valence-electron chi connectivity index (χ4n) is 4.02. The summed E-state index contributed by atoms with van der Waals surface area (Å²) in [5.41, 5.74) is 8.42. The van der Waals surface area contributed by atoms with Gasteiger partial charge in [0, 0.05) is 26.2 Å². The molecular weight excluding hydrogens is 366 g/mol. The third kappa shape index (κ3) is 3.14. The van der Waals surface area contributed by atoms with Crippen LogP contribution in [0.4, 0.5) is 5.82 Å². The maximum absolute atomic E-state index is 13.0. The second-order valence-electron chi connectivity index (χ2n) is 7.37. The van der Waals surface area contributed by atoms with Gasteiger partial charge in [-0.05, 0) is 24.5 Å². The standard InChI is InChI=1S/C21H21N7O/c1-26-13-25-18-17(10-23)20(27-8-4-7-16(24)12-27)28(19(18)21(26)29)11-15-6-3-2-5-14(15)9-22/h2-3,5-6,13,16H,4,7-8,11-12,24H2,1H3/t16-/m0/s1. The third-order valence-electron chi connectivity index (χ3n) is 5.43. The van der Waals surface area contributed by atoms with Gasteiger partial charge in [0.05, 0.1) is 24.5 Å². The van der Waals surface area contributed by atoms with E-state index in [0.29, 0.717) is 41.1 Å². The summed E-state index contributed by atoms with van der Waals surface area (Å²) >= 11 is 0. The summed E-state index contributed by atoms with van der Waals surface area (Å²) < 4.78 is 3.24. The number of nitrogens with two attached hydrogens (primary N) is 1. The van der Waals surface area contributed by atoms with Gasteiger partial charge in [0.25, 0.3) is 5.56 Å². The number of nitrogens with zero attached hydrogens (tertiary/aromatic N) is 6. The molecule has 29 heavy (non-hydrogen) atoms. The number of rotatable bonds is 3. The van der Waals surface area contributed by atoms with Crippen molar-refractivity contribution in [2.75, 3.05) is 18.0 Å². The van der Waals surface area contributed by atoms with E-state index in [0.717, 1.165) is 24.9 Å². The first-order valence-corrected chi connectivity index (χ1v) is 9.51. The summed E-state index contributed by atoms with van der Waals surface area (Å²) in [6, 6.07) is 11.7. The molecule has 8 nitrogen and oxygen atoms in total. The number of nitriles is 2. The maximum atomic E-state index is 13.0. The topological polar surface area (TPSA) is 117 Å². The van der Waals surface area contributed by atoms with E-state index in [9.17, 15) is 15.3 Å². The van der Waals surface area contributed by atoms with Crippen molar-refractivity contribution < 1.29 is 0 Å². The van der Waals surface area contributed by atoms with Crippen LogP contribution in [0.3, 0.4) is 0 Å². The molecule has 8 heteroatoms. The van der Waals surface area contributed by atoms with E-state index in [-0.39, 0.29) is 11.6 Å². The molecule has 146 valence electrons. The van der Waals surface area contributed by atoms with Gasteiger partial charge in [-0.15, -0.1) is 0 Å². The fourth-order valence-corrected chi connectivity index (χ4v) is 4.02. The molecule has 0 radical (unpaired) electrons. The van der Waals surface area contributed by atoms with Crippen LogP contribution in [0.15, 0.2) is 35.4 Å². The highest BCUT2D eigenvalue weighted by Crippen LogP contribution is 2.32. The molecule has 1 aliphatic rings. The Kier molecular flexibility index (Phi) is 4.79. The molecule has 1 saturated heterocycles. The highest BCUT2D eigenvalue weighted by molar-refractivity contribution is 5.89. The van der Waals surface area contributed by atoms with Crippen molar-refractivity contribution in [2.24, 2.45) is 12.8 Å². The number of fused-ring (bicyclic) bond motifs is 1. The summed E-state index contributed by atoms with van der Waals surface area (Å²) in [6.45, 7) is 1.65. The van der Waals surface area contributed by atoms with Gasteiger partial charge in [-0.25, -0.2) is 4.98 Å². The smallest absolute Gasteiger partial charge is 0.277 e. The van der Waals surface area contributed by atoms with Crippen molar-refractivity contribution in [3.63, 3.8) is 0 Å². The predicted octanol–water partition coefficient (Wildman–Crippen LogP) is 1.45. The molecule has 0 saturated carbocycles. The maximum Gasteiger partial charge on any atom is 0.277 e. The Hall–Kier alpha value is -3.62. The Morgan fingerprint density at radius 1 is 1.28 bits per heavy atom. The Bertz CT molecular complexity index is 1220. The number of aromatic nitrogens is 3. The molecule has 2 N–H and O–H groups in total. The van der Waals surface area contributed by atoms with Gasteiger partial charge in [0.2, 0.25) is 0 Å². The molecule has 1 aromatic carbocycles. The largest absolute Gasteiger partial charge is 0.355 e. The SMILES string of the molecule is Cn1cnc2c(C#N)c(N3CCC[C@H](N)C3)n(Cc3ccccc3C#N)c2c1=O. The molecule has 1 atom stereocenters. The van der Waals surface area contributed by atoms with Crippen molar-refractivity contribution in [1.82, 2.24) is 14.1 Å². The summed E-state index contributed by atoms with van der Waals surface area (Å²) in [4.78, 5) is 19.5. The molecule has 1 fully saturated rings. The summed E-state index contributed by atoms with van der Waals surface area (Å²) in [6.07, 6.45) is 3.27. The lowest BCUT2D eigenvalue weighted by atomic mass is 10.1. The predicted molar refractivity (Wildman–Crippen MR) is 109 cm³/mol. The highest BCUT2D eigenvalue weighted by Gasteiger charge is 2.28. The van der Waals surface area contributed by atoms with Gasteiger partial charge < -0.3 is 19.8 Å². The number of anilines is 1. The van der Waals surface area contributed by atoms with Crippen LogP contribution in [-0.2, 0) is 13.6 Å². The molecule has 0 unspecified atom stereocenters. The first-order valence-electron chi connectivity index (χ1n) is 9.51. The number of hydrogen-bond acceptors (Lipinski definition) is 6. The third-order valence-corrected chi connectivity index (χ3v) is 5.43. The lowest BCUT2D eigenvalue weighted by molar-refractivity contribution is 0.498. The van der Waals surface area contributed by atoms with E-state index >= 15 is 0 Å². The zero-order valence-electron chi connectivity index (χ0n) is 16.2. The quantitative estimate of drug-likeness (QED) is 0.727. The van der Waals surface area contributed by atoms with Crippen LogP contribution in [0, 0.1) is 22.7 Å². The lowest BCUT2D eigenvalue weighted by Crippen LogP contribution is -2.44. The zero-order chi connectivity index (χ0) is 20.5. The summed E-state index contributed by atoms with van der Waals surface area (Å²) in [7, 11) is 1.64. The van der Waals surface area contributed by atoms with E-state index in [2.05, 4.69) is 22.0 Å². The fraction of sp³-hybridized carbons (Fsp3) is 0.333. The van der Waals surface area contributed by atoms with Gasteiger partial charge in [0.1, 0.15) is 28.5 Å². The van der Waals surface area contributed by atoms with E-state index in [1.807, 2.05) is 22.8 Å². The van der Waals surface area contributed by atoms with Crippen LogP contribution in [0.2, 0.25) is 0 Å². The van der Waals surface area contributed by atoms with Gasteiger partial charge in [-0.3, -0.25) is 4.79 Å². The van der Waals surface area contributed by atoms with Gasteiger partial charge in [-0.2, -0.15) is 10.5 Å². The molecular formula is C21H21N7O. The molecule has 0 bridgehead atoms. The molecule has 1 aliphatic heterocycles. The second kappa shape index (κ2) is 7.42. The zero-order valence-corrected chi connectivity index (χ0v) is 16.2. The molecule has 0 spiro atoms. The van der Waals surface area contributed by atoms with E-state index in [1.54, 1.807) is 13.1 Å². The lowest BCUT2D eigenvalue weighted by Gasteiger charge is -2.33. The van der Waals surface area contributed by atoms with E-state index in [4.69, 9.17) is 5.73 Å². The van der Waals surface area contributed by atoms with Crippen molar-refractivity contribution >= 4 is 16.9 Å². The Morgan fingerprint density at radius 3 is 2.79 bits per heavy atom. The highest BCUT2D eigenvalue weighted by atomic mass is 16.1. The first-order chi connectivity index (χ1) is 14.0. The molecule has 0 amide bonds. The number of piperidine rings is 1. The second-order valence-corrected chi connectivity index (χ2v) is 7.37. The minimum absolute atomic E-state index is 0.00365. The van der Waals surface area contributed by atoms with Crippen LogP contribution in [-0.4, -0.2) is 33.2 Å². The monoisotopic (exact) mass is 387 g/mol. The van der Waals surface area contributed by atoms with Crippen LogP contribution < -0.4 is 16.2 Å².